The Morgan fingerprint density at radius 3 is 2.77 bits per heavy atom. The van der Waals surface area contributed by atoms with E-state index in [1.165, 1.54) is 45.2 Å². The lowest BCUT2D eigenvalue weighted by molar-refractivity contribution is 0.0575. The number of carbonyl (C=O) groups is 1. The number of nitrogens with one attached hydrogen (secondary N) is 1. The minimum atomic E-state index is -0.0723. The first kappa shape index (κ1) is 17.6. The zero-order chi connectivity index (χ0) is 17.9. The molecular weight excluding hydrogens is 346 g/mol. The van der Waals surface area contributed by atoms with Gasteiger partial charge in [-0.05, 0) is 75.0 Å². The number of aromatic nitrogens is 1. The largest absolute Gasteiger partial charge is 0.352 e. The van der Waals surface area contributed by atoms with Crippen molar-refractivity contribution in [3.8, 4) is 5.69 Å². The number of halogens is 1. The molecule has 2 aliphatic heterocycles. The zero-order valence-electron chi connectivity index (χ0n) is 15.0. The predicted molar refractivity (Wildman–Crippen MR) is 105 cm³/mol. The van der Waals surface area contributed by atoms with Crippen molar-refractivity contribution in [3.63, 3.8) is 0 Å². The third-order valence-corrected chi connectivity index (χ3v) is 6.18. The summed E-state index contributed by atoms with van der Waals surface area (Å²) in [6.45, 7) is 3.18. The van der Waals surface area contributed by atoms with Crippen LogP contribution in [0.1, 0.15) is 42.5 Å². The minimum Gasteiger partial charge on any atom is -0.352 e. The van der Waals surface area contributed by atoms with E-state index in [1.54, 1.807) is 6.07 Å². The molecule has 4 nitrogen and oxygen atoms in total. The van der Waals surface area contributed by atoms with E-state index < -0.39 is 0 Å². The molecule has 0 unspecified atom stereocenters. The average Bonchev–Trinajstić information content (AvgIpc) is 3.21. The Hall–Kier alpha value is -1.78. The van der Waals surface area contributed by atoms with Crippen LogP contribution >= 0.6 is 11.6 Å². The van der Waals surface area contributed by atoms with Gasteiger partial charge in [0.2, 0.25) is 0 Å². The summed E-state index contributed by atoms with van der Waals surface area (Å²) in [5, 5.41) is 3.66. The number of amides is 1. The predicted octanol–water partition coefficient (Wildman–Crippen LogP) is 4.13. The third kappa shape index (κ3) is 3.67. The van der Waals surface area contributed by atoms with Crippen LogP contribution in [-0.2, 0) is 0 Å². The number of carbonyl (C=O) groups excluding carboxylic acids is 1. The van der Waals surface area contributed by atoms with Crippen LogP contribution < -0.4 is 5.32 Å². The first-order valence-corrected chi connectivity index (χ1v) is 10.1. The SMILES string of the molecule is O=C(NC[C@@H]1CCCN2CCCC[C@@H]12)c1cc(-n2cccc2)ccc1Cl. The van der Waals surface area contributed by atoms with Crippen molar-refractivity contribution >= 4 is 17.5 Å². The Bertz CT molecular complexity index is 757. The van der Waals surface area contributed by atoms with Crippen LogP contribution in [0, 0.1) is 5.92 Å². The minimum absolute atomic E-state index is 0.0723. The average molecular weight is 372 g/mol. The summed E-state index contributed by atoms with van der Waals surface area (Å²) in [4.78, 5) is 15.4. The second kappa shape index (κ2) is 7.85. The molecule has 4 rings (SSSR count). The molecule has 2 atom stereocenters. The highest BCUT2D eigenvalue weighted by Crippen LogP contribution is 2.30. The number of benzene rings is 1. The fourth-order valence-corrected chi connectivity index (χ4v) is 4.69. The Morgan fingerprint density at radius 2 is 1.92 bits per heavy atom. The molecule has 2 aliphatic rings. The highest BCUT2D eigenvalue weighted by atomic mass is 35.5. The maximum Gasteiger partial charge on any atom is 0.252 e. The van der Waals surface area contributed by atoms with Crippen molar-refractivity contribution in [3.05, 3.63) is 53.3 Å². The van der Waals surface area contributed by atoms with Gasteiger partial charge < -0.3 is 14.8 Å². The Balaban J connectivity index is 1.44. The lowest BCUT2D eigenvalue weighted by atomic mass is 9.83. The van der Waals surface area contributed by atoms with Gasteiger partial charge in [0, 0.05) is 30.7 Å². The molecule has 5 heteroatoms. The van der Waals surface area contributed by atoms with Gasteiger partial charge in [0.15, 0.2) is 0 Å². The van der Waals surface area contributed by atoms with E-state index in [1.807, 2.05) is 41.2 Å². The molecular formula is C21H26ClN3O. The molecule has 1 amide bonds. The molecule has 138 valence electrons. The Labute approximate surface area is 160 Å². The molecule has 1 aromatic carbocycles. The van der Waals surface area contributed by atoms with E-state index in [0.717, 1.165) is 12.2 Å². The van der Waals surface area contributed by atoms with Crippen LogP contribution in [0.2, 0.25) is 5.02 Å². The number of fused-ring (bicyclic) bond motifs is 1. The van der Waals surface area contributed by atoms with Crippen molar-refractivity contribution in [2.45, 2.75) is 38.1 Å². The lowest BCUT2D eigenvalue weighted by Gasteiger charge is -2.44. The van der Waals surface area contributed by atoms with Crippen LogP contribution in [0.3, 0.4) is 0 Å². The molecule has 0 saturated carbocycles. The highest BCUT2D eigenvalue weighted by Gasteiger charge is 2.33. The van der Waals surface area contributed by atoms with Crippen LogP contribution in [-0.4, -0.2) is 41.1 Å². The lowest BCUT2D eigenvalue weighted by Crippen LogP contribution is -2.51. The van der Waals surface area contributed by atoms with Gasteiger partial charge in [-0.2, -0.15) is 0 Å². The van der Waals surface area contributed by atoms with E-state index in [4.69, 9.17) is 11.6 Å². The summed E-state index contributed by atoms with van der Waals surface area (Å²) >= 11 is 6.31. The maximum atomic E-state index is 12.8. The van der Waals surface area contributed by atoms with Crippen molar-refractivity contribution in [2.75, 3.05) is 19.6 Å². The van der Waals surface area contributed by atoms with E-state index in [9.17, 15) is 4.79 Å². The van der Waals surface area contributed by atoms with E-state index in [-0.39, 0.29) is 5.91 Å². The number of hydrogen-bond donors (Lipinski definition) is 1. The molecule has 0 spiro atoms. The van der Waals surface area contributed by atoms with Gasteiger partial charge in [0.25, 0.3) is 5.91 Å². The van der Waals surface area contributed by atoms with Crippen LogP contribution in [0.15, 0.2) is 42.7 Å². The molecule has 26 heavy (non-hydrogen) atoms. The molecule has 0 bridgehead atoms. The summed E-state index contributed by atoms with van der Waals surface area (Å²) in [5.41, 5.74) is 1.50. The van der Waals surface area contributed by atoms with Crippen molar-refractivity contribution in [1.82, 2.24) is 14.8 Å². The highest BCUT2D eigenvalue weighted by molar-refractivity contribution is 6.33. The normalized spacial score (nSPS) is 23.4. The Morgan fingerprint density at radius 1 is 1.12 bits per heavy atom. The first-order valence-electron chi connectivity index (χ1n) is 9.67. The van der Waals surface area contributed by atoms with Gasteiger partial charge in [-0.25, -0.2) is 0 Å². The van der Waals surface area contributed by atoms with E-state index >= 15 is 0 Å². The standard InChI is InChI=1S/C21H26ClN3O/c22-19-9-8-17(24-10-3-4-11-24)14-18(19)21(26)23-15-16-6-5-13-25-12-2-1-7-20(16)25/h3-4,8-11,14,16,20H,1-2,5-7,12-13,15H2,(H,23,26)/t16-,20-/m0/s1. The monoisotopic (exact) mass is 371 g/mol. The fraction of sp³-hybridized carbons (Fsp3) is 0.476. The smallest absolute Gasteiger partial charge is 0.252 e. The van der Waals surface area contributed by atoms with Gasteiger partial charge in [-0.1, -0.05) is 18.0 Å². The summed E-state index contributed by atoms with van der Waals surface area (Å²) in [6.07, 6.45) is 10.3. The quantitative estimate of drug-likeness (QED) is 0.877. The molecule has 0 radical (unpaired) electrons. The van der Waals surface area contributed by atoms with E-state index in [0.29, 0.717) is 22.5 Å². The number of hydrogen-bond acceptors (Lipinski definition) is 2. The van der Waals surface area contributed by atoms with Gasteiger partial charge >= 0.3 is 0 Å². The van der Waals surface area contributed by atoms with Gasteiger partial charge in [0.05, 0.1) is 10.6 Å². The number of piperidine rings is 2. The van der Waals surface area contributed by atoms with Gasteiger partial charge in [-0.15, -0.1) is 0 Å². The Kier molecular flexibility index (Phi) is 5.32. The van der Waals surface area contributed by atoms with Crippen LogP contribution in [0.5, 0.6) is 0 Å². The van der Waals surface area contributed by atoms with Crippen molar-refractivity contribution < 1.29 is 4.79 Å². The summed E-state index contributed by atoms with van der Waals surface area (Å²) in [7, 11) is 0. The number of nitrogens with zero attached hydrogens (tertiary/aromatic N) is 2. The van der Waals surface area contributed by atoms with Gasteiger partial charge in [0.1, 0.15) is 0 Å². The summed E-state index contributed by atoms with van der Waals surface area (Å²) < 4.78 is 1.98. The number of rotatable bonds is 4. The van der Waals surface area contributed by atoms with Crippen molar-refractivity contribution in [1.29, 1.82) is 0 Å². The summed E-state index contributed by atoms with van der Waals surface area (Å²) in [6, 6.07) is 10.2. The first-order chi connectivity index (χ1) is 12.7. The molecule has 2 saturated heterocycles. The maximum absolute atomic E-state index is 12.8. The zero-order valence-corrected chi connectivity index (χ0v) is 15.8. The second-order valence-corrected chi connectivity index (χ2v) is 7.87. The molecule has 3 heterocycles. The molecule has 2 aromatic rings. The van der Waals surface area contributed by atoms with Gasteiger partial charge in [-0.3, -0.25) is 4.79 Å². The topological polar surface area (TPSA) is 37.3 Å². The van der Waals surface area contributed by atoms with Crippen LogP contribution in [0.4, 0.5) is 0 Å². The molecule has 1 N–H and O–H groups in total. The van der Waals surface area contributed by atoms with Crippen molar-refractivity contribution in [2.24, 2.45) is 5.92 Å². The summed E-state index contributed by atoms with van der Waals surface area (Å²) in [5.74, 6) is 0.483. The fourth-order valence-electron chi connectivity index (χ4n) is 4.49. The molecule has 0 aliphatic carbocycles. The second-order valence-electron chi connectivity index (χ2n) is 7.47. The molecule has 2 fully saturated rings. The van der Waals surface area contributed by atoms with Crippen LogP contribution in [0.25, 0.3) is 5.69 Å². The van der Waals surface area contributed by atoms with E-state index in [2.05, 4.69) is 10.2 Å². The molecule has 1 aromatic heterocycles. The third-order valence-electron chi connectivity index (χ3n) is 5.85.